The molecule has 1 aromatic carbocycles. The lowest BCUT2D eigenvalue weighted by atomic mass is 10.1. The molecule has 0 bridgehead atoms. The molecular formula is C17H19N3O3. The van der Waals surface area contributed by atoms with E-state index in [4.69, 9.17) is 10.5 Å². The number of methoxy groups -OCH3 is 1. The minimum atomic E-state index is -0.465. The number of carbonyl (C=O) groups is 2. The predicted molar refractivity (Wildman–Crippen MR) is 86.6 cm³/mol. The summed E-state index contributed by atoms with van der Waals surface area (Å²) in [7, 11) is 1.35. The number of pyridine rings is 1. The second-order valence-electron chi connectivity index (χ2n) is 5.70. The van der Waals surface area contributed by atoms with Crippen LogP contribution in [0.2, 0.25) is 0 Å². The number of amides is 1. The first kappa shape index (κ1) is 15.3. The van der Waals surface area contributed by atoms with Crippen molar-refractivity contribution in [1.29, 1.82) is 0 Å². The van der Waals surface area contributed by atoms with Crippen LogP contribution in [0.15, 0.2) is 30.3 Å². The molecule has 1 saturated heterocycles. The van der Waals surface area contributed by atoms with Crippen molar-refractivity contribution in [2.45, 2.75) is 25.3 Å². The number of aromatic nitrogens is 1. The van der Waals surface area contributed by atoms with Gasteiger partial charge in [-0.05, 0) is 37.1 Å². The number of nitrogens with zero attached hydrogens (tertiary/aromatic N) is 2. The second kappa shape index (κ2) is 6.24. The monoisotopic (exact) mass is 313 g/mol. The highest BCUT2D eigenvalue weighted by molar-refractivity contribution is 5.87. The van der Waals surface area contributed by atoms with Gasteiger partial charge in [0.2, 0.25) is 5.91 Å². The average molecular weight is 313 g/mol. The van der Waals surface area contributed by atoms with E-state index in [1.165, 1.54) is 7.11 Å². The molecule has 1 unspecified atom stereocenters. The van der Waals surface area contributed by atoms with Gasteiger partial charge in [-0.2, -0.15) is 0 Å². The standard InChI is InChI=1S/C17H19N3O3/c1-23-17(22)15-3-2-8-20(15)16(21)10-13-6-4-11-9-12(18)5-7-14(11)19-13/h4-7,9,15H,2-3,8,10,18H2,1H3. The Morgan fingerprint density at radius 3 is 2.96 bits per heavy atom. The molecule has 6 heteroatoms. The lowest BCUT2D eigenvalue weighted by Gasteiger charge is -2.22. The molecule has 2 heterocycles. The van der Waals surface area contributed by atoms with E-state index in [1.807, 2.05) is 24.3 Å². The molecule has 1 aromatic heterocycles. The van der Waals surface area contributed by atoms with Crippen LogP contribution in [0.1, 0.15) is 18.5 Å². The highest BCUT2D eigenvalue weighted by Gasteiger charge is 2.34. The maximum atomic E-state index is 12.5. The first-order chi connectivity index (χ1) is 11.1. The van der Waals surface area contributed by atoms with Gasteiger partial charge in [0.05, 0.1) is 24.7 Å². The summed E-state index contributed by atoms with van der Waals surface area (Å²) in [6, 6.07) is 8.74. The summed E-state index contributed by atoms with van der Waals surface area (Å²) >= 11 is 0. The molecule has 0 aliphatic carbocycles. The summed E-state index contributed by atoms with van der Waals surface area (Å²) in [6.45, 7) is 0.586. The Morgan fingerprint density at radius 1 is 1.35 bits per heavy atom. The van der Waals surface area contributed by atoms with Gasteiger partial charge < -0.3 is 15.4 Å². The van der Waals surface area contributed by atoms with Gasteiger partial charge in [0.25, 0.3) is 0 Å². The molecule has 6 nitrogen and oxygen atoms in total. The van der Waals surface area contributed by atoms with Gasteiger partial charge in [0, 0.05) is 17.6 Å². The van der Waals surface area contributed by atoms with Crippen LogP contribution < -0.4 is 5.73 Å². The van der Waals surface area contributed by atoms with E-state index in [9.17, 15) is 9.59 Å². The molecule has 2 aromatic rings. The van der Waals surface area contributed by atoms with Gasteiger partial charge >= 0.3 is 5.97 Å². The van der Waals surface area contributed by atoms with Crippen molar-refractivity contribution < 1.29 is 14.3 Å². The molecule has 1 aliphatic rings. The molecule has 2 N–H and O–H groups in total. The number of hydrogen-bond acceptors (Lipinski definition) is 5. The molecule has 3 rings (SSSR count). The Bertz CT molecular complexity index is 760. The molecule has 1 amide bonds. The van der Waals surface area contributed by atoms with Crippen LogP contribution in [-0.4, -0.2) is 41.5 Å². The molecule has 1 fully saturated rings. The number of benzene rings is 1. The van der Waals surface area contributed by atoms with Crippen molar-refractivity contribution in [3.8, 4) is 0 Å². The SMILES string of the molecule is COC(=O)C1CCCN1C(=O)Cc1ccc2cc(N)ccc2n1. The zero-order chi connectivity index (χ0) is 16.4. The number of rotatable bonds is 3. The minimum absolute atomic E-state index is 0.0970. The Morgan fingerprint density at radius 2 is 2.17 bits per heavy atom. The molecule has 120 valence electrons. The van der Waals surface area contributed by atoms with Crippen LogP contribution in [-0.2, 0) is 20.7 Å². The summed E-state index contributed by atoms with van der Waals surface area (Å²) in [5, 5.41) is 0.940. The number of hydrogen-bond donors (Lipinski definition) is 1. The van der Waals surface area contributed by atoms with Crippen LogP contribution in [0, 0.1) is 0 Å². The van der Waals surface area contributed by atoms with E-state index in [-0.39, 0.29) is 18.3 Å². The lowest BCUT2D eigenvalue weighted by molar-refractivity contribution is -0.150. The first-order valence-electron chi connectivity index (χ1n) is 7.61. The number of nitrogens with two attached hydrogens (primary N) is 1. The maximum Gasteiger partial charge on any atom is 0.328 e. The van der Waals surface area contributed by atoms with E-state index in [1.54, 1.807) is 11.0 Å². The summed E-state index contributed by atoms with van der Waals surface area (Å²) in [5.41, 5.74) is 7.92. The normalized spacial score (nSPS) is 17.4. The van der Waals surface area contributed by atoms with Crippen LogP contribution >= 0.6 is 0 Å². The molecule has 1 atom stereocenters. The topological polar surface area (TPSA) is 85.5 Å². The number of nitrogen functional groups attached to an aromatic ring is 1. The van der Waals surface area contributed by atoms with Gasteiger partial charge in [-0.3, -0.25) is 9.78 Å². The van der Waals surface area contributed by atoms with Gasteiger partial charge in [-0.25, -0.2) is 4.79 Å². The highest BCUT2D eigenvalue weighted by atomic mass is 16.5. The van der Waals surface area contributed by atoms with Crippen molar-refractivity contribution in [2.24, 2.45) is 0 Å². The Labute approximate surface area is 134 Å². The fraction of sp³-hybridized carbons (Fsp3) is 0.353. The number of carbonyl (C=O) groups excluding carboxylic acids is 2. The van der Waals surface area contributed by atoms with Crippen LogP contribution in [0.5, 0.6) is 0 Å². The van der Waals surface area contributed by atoms with Gasteiger partial charge in [-0.15, -0.1) is 0 Å². The molecule has 1 aliphatic heterocycles. The third-order valence-electron chi connectivity index (χ3n) is 4.15. The van der Waals surface area contributed by atoms with E-state index in [2.05, 4.69) is 4.98 Å². The molecular weight excluding hydrogens is 294 g/mol. The molecule has 23 heavy (non-hydrogen) atoms. The number of anilines is 1. The van der Waals surface area contributed by atoms with E-state index in [0.29, 0.717) is 24.3 Å². The van der Waals surface area contributed by atoms with Crippen molar-refractivity contribution in [3.63, 3.8) is 0 Å². The number of fused-ring (bicyclic) bond motifs is 1. The smallest absolute Gasteiger partial charge is 0.328 e. The second-order valence-corrected chi connectivity index (χ2v) is 5.70. The van der Waals surface area contributed by atoms with E-state index < -0.39 is 6.04 Å². The van der Waals surface area contributed by atoms with Crippen molar-refractivity contribution in [3.05, 3.63) is 36.0 Å². The number of ether oxygens (including phenoxy) is 1. The van der Waals surface area contributed by atoms with E-state index in [0.717, 1.165) is 17.3 Å². The minimum Gasteiger partial charge on any atom is -0.467 e. The summed E-state index contributed by atoms with van der Waals surface area (Å²) in [6.07, 6.45) is 1.65. The third-order valence-corrected chi connectivity index (χ3v) is 4.15. The van der Waals surface area contributed by atoms with Gasteiger partial charge in [-0.1, -0.05) is 6.07 Å². The zero-order valence-electron chi connectivity index (χ0n) is 13.0. The zero-order valence-corrected chi connectivity index (χ0v) is 13.0. The first-order valence-corrected chi connectivity index (χ1v) is 7.61. The van der Waals surface area contributed by atoms with Crippen molar-refractivity contribution >= 4 is 28.5 Å². The largest absolute Gasteiger partial charge is 0.467 e. The third kappa shape index (κ3) is 3.11. The fourth-order valence-corrected chi connectivity index (χ4v) is 2.99. The summed E-state index contributed by atoms with van der Waals surface area (Å²) in [4.78, 5) is 30.3. The van der Waals surface area contributed by atoms with Gasteiger partial charge in [0.1, 0.15) is 6.04 Å². The average Bonchev–Trinajstić information content (AvgIpc) is 3.04. The number of esters is 1. The Hall–Kier alpha value is -2.63. The molecule has 0 saturated carbocycles. The van der Waals surface area contributed by atoms with Crippen LogP contribution in [0.3, 0.4) is 0 Å². The fourth-order valence-electron chi connectivity index (χ4n) is 2.99. The Balaban J connectivity index is 1.77. The predicted octanol–water partition coefficient (Wildman–Crippen LogP) is 1.52. The van der Waals surface area contributed by atoms with Crippen molar-refractivity contribution in [1.82, 2.24) is 9.88 Å². The summed E-state index contributed by atoms with van der Waals surface area (Å²) in [5.74, 6) is -0.446. The highest BCUT2D eigenvalue weighted by Crippen LogP contribution is 2.21. The van der Waals surface area contributed by atoms with Crippen molar-refractivity contribution in [2.75, 3.05) is 19.4 Å². The Kier molecular flexibility index (Phi) is 4.14. The molecule has 0 radical (unpaired) electrons. The maximum absolute atomic E-state index is 12.5. The summed E-state index contributed by atoms with van der Waals surface area (Å²) < 4.78 is 4.77. The quantitative estimate of drug-likeness (QED) is 0.686. The number of likely N-dealkylation sites (tertiary alicyclic amines) is 1. The van der Waals surface area contributed by atoms with E-state index >= 15 is 0 Å². The lowest BCUT2D eigenvalue weighted by Crippen LogP contribution is -2.41. The van der Waals surface area contributed by atoms with Crippen LogP contribution in [0.25, 0.3) is 10.9 Å². The molecule has 0 spiro atoms. The van der Waals surface area contributed by atoms with Crippen LogP contribution in [0.4, 0.5) is 5.69 Å². The van der Waals surface area contributed by atoms with Gasteiger partial charge in [0.15, 0.2) is 0 Å².